The van der Waals surface area contributed by atoms with Gasteiger partial charge in [0, 0.05) is 13.1 Å². The second-order valence-corrected chi connectivity index (χ2v) is 6.73. The number of ether oxygens (including phenoxy) is 1. The number of methoxy groups -OCH3 is 1. The number of esters is 1. The monoisotopic (exact) mass is 346 g/mol. The first-order chi connectivity index (χ1) is 12.2. The molecule has 0 bridgehead atoms. The van der Waals surface area contributed by atoms with Crippen molar-refractivity contribution in [2.24, 2.45) is 0 Å². The fourth-order valence-electron chi connectivity index (χ4n) is 3.41. The molecular weight excluding hydrogens is 324 g/mol. The third-order valence-electron chi connectivity index (χ3n) is 5.11. The lowest BCUT2D eigenvalue weighted by molar-refractivity contribution is 0.0594. The van der Waals surface area contributed by atoms with Crippen LogP contribution in [-0.2, 0) is 4.74 Å². The van der Waals surface area contributed by atoms with Crippen molar-refractivity contribution in [3.63, 3.8) is 0 Å². The lowest BCUT2D eigenvalue weighted by Gasteiger charge is -2.35. The van der Waals surface area contributed by atoms with E-state index in [4.69, 9.17) is 0 Å². The minimum atomic E-state index is -0.454. The van der Waals surface area contributed by atoms with Gasteiger partial charge in [-0.15, -0.1) is 10.2 Å². The molecule has 1 atom stereocenters. The van der Waals surface area contributed by atoms with Gasteiger partial charge >= 0.3 is 5.97 Å². The fourth-order valence-corrected chi connectivity index (χ4v) is 3.41. The summed E-state index contributed by atoms with van der Waals surface area (Å²) in [4.78, 5) is 13.9. The van der Waals surface area contributed by atoms with Gasteiger partial charge in [0.15, 0.2) is 11.5 Å². The quantitative estimate of drug-likeness (QED) is 0.732. The van der Waals surface area contributed by atoms with Crippen LogP contribution in [0.3, 0.4) is 0 Å². The molecule has 134 valence electrons. The molecule has 10 heteroatoms. The summed E-state index contributed by atoms with van der Waals surface area (Å²) in [5.41, 5.74) is 0.252. The summed E-state index contributed by atoms with van der Waals surface area (Å²) < 4.78 is 8.44. The van der Waals surface area contributed by atoms with Crippen molar-refractivity contribution >= 4 is 5.97 Å². The first kappa shape index (κ1) is 16.1. The molecule has 0 amide bonds. The third kappa shape index (κ3) is 3.13. The van der Waals surface area contributed by atoms with Crippen molar-refractivity contribution in [3.05, 3.63) is 17.7 Å². The number of carbonyl (C=O) groups excluding carboxylic acids is 1. The summed E-state index contributed by atoms with van der Waals surface area (Å²) in [6.45, 7) is 4.02. The van der Waals surface area contributed by atoms with Crippen LogP contribution in [0.2, 0.25) is 0 Å². The number of rotatable bonds is 5. The first-order valence-electron chi connectivity index (χ1n) is 8.69. The smallest absolute Gasteiger partial charge is 0.360 e. The predicted molar refractivity (Wildman–Crippen MR) is 85.7 cm³/mol. The molecule has 0 N–H and O–H groups in total. The number of carbonyl (C=O) groups is 1. The molecule has 10 nitrogen and oxygen atoms in total. The highest BCUT2D eigenvalue weighted by molar-refractivity contribution is 5.86. The molecule has 1 aliphatic heterocycles. The summed E-state index contributed by atoms with van der Waals surface area (Å²) in [6.07, 6.45) is 5.89. The summed E-state index contributed by atoms with van der Waals surface area (Å²) in [5.74, 6) is 0.499. The molecule has 2 fully saturated rings. The van der Waals surface area contributed by atoms with E-state index in [1.807, 2.05) is 4.68 Å². The molecule has 1 aliphatic carbocycles. The van der Waals surface area contributed by atoms with Crippen molar-refractivity contribution in [1.29, 1.82) is 0 Å². The van der Waals surface area contributed by atoms with Crippen molar-refractivity contribution in [2.75, 3.05) is 20.2 Å². The molecule has 4 rings (SSSR count). The molecule has 1 saturated heterocycles. The molecule has 2 aromatic rings. The van der Waals surface area contributed by atoms with Crippen molar-refractivity contribution in [3.8, 4) is 0 Å². The molecule has 25 heavy (non-hydrogen) atoms. The third-order valence-corrected chi connectivity index (χ3v) is 5.11. The van der Waals surface area contributed by atoms with E-state index in [9.17, 15) is 4.79 Å². The lowest BCUT2D eigenvalue weighted by atomic mass is 10.0. The molecule has 0 aromatic carbocycles. The normalized spacial score (nSPS) is 20.6. The van der Waals surface area contributed by atoms with Crippen LogP contribution in [0, 0.1) is 0 Å². The van der Waals surface area contributed by atoms with Crippen molar-refractivity contribution in [2.45, 2.75) is 50.7 Å². The SMILES string of the molecule is COC(=O)c1cn(C2CCN([C@H](C)c3nnnn3C3CC3)CC2)nn1. The number of hydrogen-bond donors (Lipinski definition) is 0. The number of tetrazole rings is 1. The van der Waals surface area contributed by atoms with Crippen LogP contribution in [0.15, 0.2) is 6.20 Å². The molecule has 2 aromatic heterocycles. The Hall–Kier alpha value is -2.36. The van der Waals surface area contributed by atoms with E-state index in [0.29, 0.717) is 6.04 Å². The average Bonchev–Trinajstić information content (AvgIpc) is 3.18. The molecule has 0 radical (unpaired) electrons. The summed E-state index contributed by atoms with van der Waals surface area (Å²) in [6, 6.07) is 0.920. The summed E-state index contributed by atoms with van der Waals surface area (Å²) in [5, 5.41) is 20.2. The van der Waals surface area contributed by atoms with Gasteiger partial charge in [0.05, 0.1) is 31.4 Å². The minimum absolute atomic E-state index is 0.193. The van der Waals surface area contributed by atoms with E-state index in [2.05, 4.69) is 42.4 Å². The molecule has 2 aliphatic rings. The Kier molecular flexibility index (Phi) is 4.20. The standard InChI is InChI=1S/C15H22N8O2/c1-10(14-17-18-20-23(14)12-3-4-12)21-7-5-11(6-8-21)22-9-13(16-19-22)15(24)25-2/h9-12H,3-8H2,1-2H3/t10-/m1/s1. The molecule has 3 heterocycles. The Morgan fingerprint density at radius 3 is 2.60 bits per heavy atom. The number of nitrogens with zero attached hydrogens (tertiary/aromatic N) is 8. The Labute approximate surface area is 145 Å². The first-order valence-corrected chi connectivity index (χ1v) is 8.69. The van der Waals surface area contributed by atoms with Gasteiger partial charge in [-0.1, -0.05) is 5.21 Å². The average molecular weight is 346 g/mol. The van der Waals surface area contributed by atoms with Gasteiger partial charge < -0.3 is 4.74 Å². The van der Waals surface area contributed by atoms with Crippen LogP contribution in [0.25, 0.3) is 0 Å². The van der Waals surface area contributed by atoms with Crippen LogP contribution in [-0.4, -0.2) is 66.3 Å². The van der Waals surface area contributed by atoms with Gasteiger partial charge in [-0.2, -0.15) is 0 Å². The molecule has 0 spiro atoms. The number of aromatic nitrogens is 7. The maximum atomic E-state index is 11.5. The number of hydrogen-bond acceptors (Lipinski definition) is 8. The van der Waals surface area contributed by atoms with E-state index in [-0.39, 0.29) is 17.8 Å². The van der Waals surface area contributed by atoms with Gasteiger partial charge in [0.1, 0.15) is 0 Å². The van der Waals surface area contributed by atoms with E-state index in [0.717, 1.165) is 31.8 Å². The Morgan fingerprint density at radius 2 is 1.92 bits per heavy atom. The highest BCUT2D eigenvalue weighted by atomic mass is 16.5. The molecular formula is C15H22N8O2. The Balaban J connectivity index is 1.38. The van der Waals surface area contributed by atoms with Gasteiger partial charge in [-0.05, 0) is 43.0 Å². The van der Waals surface area contributed by atoms with Crippen LogP contribution in [0.1, 0.15) is 67.0 Å². The zero-order valence-electron chi connectivity index (χ0n) is 14.4. The fraction of sp³-hybridized carbons (Fsp3) is 0.733. The highest BCUT2D eigenvalue weighted by Gasteiger charge is 2.33. The maximum Gasteiger partial charge on any atom is 0.360 e. The minimum Gasteiger partial charge on any atom is -0.464 e. The van der Waals surface area contributed by atoms with Crippen LogP contribution >= 0.6 is 0 Å². The van der Waals surface area contributed by atoms with Crippen LogP contribution in [0.5, 0.6) is 0 Å². The number of likely N-dealkylation sites (tertiary alicyclic amines) is 1. The Bertz CT molecular complexity index is 744. The van der Waals surface area contributed by atoms with Gasteiger partial charge in [-0.25, -0.2) is 14.2 Å². The largest absolute Gasteiger partial charge is 0.464 e. The summed E-state index contributed by atoms with van der Waals surface area (Å²) >= 11 is 0. The maximum absolute atomic E-state index is 11.5. The van der Waals surface area contributed by atoms with E-state index >= 15 is 0 Å². The van der Waals surface area contributed by atoms with E-state index in [1.165, 1.54) is 20.0 Å². The second-order valence-electron chi connectivity index (χ2n) is 6.73. The van der Waals surface area contributed by atoms with Crippen LogP contribution in [0.4, 0.5) is 0 Å². The van der Waals surface area contributed by atoms with Gasteiger partial charge in [-0.3, -0.25) is 4.90 Å². The predicted octanol–water partition coefficient (Wildman–Crippen LogP) is 0.784. The van der Waals surface area contributed by atoms with Gasteiger partial charge in [0.2, 0.25) is 0 Å². The van der Waals surface area contributed by atoms with E-state index in [1.54, 1.807) is 10.9 Å². The zero-order valence-corrected chi connectivity index (χ0v) is 14.4. The van der Waals surface area contributed by atoms with Crippen molar-refractivity contribution in [1.82, 2.24) is 40.1 Å². The summed E-state index contributed by atoms with van der Waals surface area (Å²) in [7, 11) is 1.34. The zero-order chi connectivity index (χ0) is 17.4. The number of piperidine rings is 1. The van der Waals surface area contributed by atoms with Gasteiger partial charge in [0.25, 0.3) is 0 Å². The highest BCUT2D eigenvalue weighted by Crippen LogP contribution is 2.37. The van der Waals surface area contributed by atoms with Crippen molar-refractivity contribution < 1.29 is 9.53 Å². The van der Waals surface area contributed by atoms with E-state index < -0.39 is 5.97 Å². The lowest BCUT2D eigenvalue weighted by Crippen LogP contribution is -2.37. The van der Waals surface area contributed by atoms with Crippen LogP contribution < -0.4 is 0 Å². The Morgan fingerprint density at radius 1 is 1.16 bits per heavy atom. The topological polar surface area (TPSA) is 104 Å². The molecule has 0 unspecified atom stereocenters. The molecule has 1 saturated carbocycles. The second kappa shape index (κ2) is 6.51.